The van der Waals surface area contributed by atoms with Gasteiger partial charge in [-0.2, -0.15) is 0 Å². The zero-order valence-electron chi connectivity index (χ0n) is 9.59. The van der Waals surface area contributed by atoms with Crippen molar-refractivity contribution in [3.8, 4) is 0 Å². The van der Waals surface area contributed by atoms with E-state index in [1.165, 1.54) is 12.1 Å². The highest BCUT2D eigenvalue weighted by molar-refractivity contribution is 7.89. The number of nitrogens with two attached hydrogens (primary N) is 1. The standard InChI is InChI=1S/C11H14N2O4S/c12-18(16,17)9-5-2-1-4-8(9)13-11(10(14)15)6-3-7-11/h1-2,4-5,13H,3,6-7H2,(H,14,15)(H2,12,16,17). The second kappa shape index (κ2) is 4.25. The molecule has 6 nitrogen and oxygen atoms in total. The summed E-state index contributed by atoms with van der Waals surface area (Å²) < 4.78 is 22.8. The Morgan fingerprint density at radius 1 is 1.33 bits per heavy atom. The van der Waals surface area contributed by atoms with E-state index in [0.29, 0.717) is 12.8 Å². The van der Waals surface area contributed by atoms with Crippen LogP contribution in [-0.2, 0) is 14.8 Å². The molecular formula is C11H14N2O4S. The van der Waals surface area contributed by atoms with Crippen molar-refractivity contribution in [2.45, 2.75) is 29.7 Å². The molecule has 0 spiro atoms. The summed E-state index contributed by atoms with van der Waals surface area (Å²) in [6.07, 6.45) is 1.75. The van der Waals surface area contributed by atoms with E-state index >= 15 is 0 Å². The lowest BCUT2D eigenvalue weighted by molar-refractivity contribution is -0.145. The van der Waals surface area contributed by atoms with E-state index in [9.17, 15) is 18.3 Å². The maximum atomic E-state index is 11.4. The van der Waals surface area contributed by atoms with E-state index in [2.05, 4.69) is 5.32 Å². The van der Waals surface area contributed by atoms with Crippen LogP contribution in [0.5, 0.6) is 0 Å². The average Bonchev–Trinajstić information content (AvgIpc) is 2.22. The molecule has 0 aliphatic heterocycles. The van der Waals surface area contributed by atoms with Gasteiger partial charge >= 0.3 is 5.97 Å². The third kappa shape index (κ3) is 2.19. The van der Waals surface area contributed by atoms with Crippen LogP contribution in [0.4, 0.5) is 5.69 Å². The molecule has 0 aromatic heterocycles. The molecule has 0 atom stereocenters. The third-order valence-electron chi connectivity index (χ3n) is 3.18. The van der Waals surface area contributed by atoms with Crippen LogP contribution in [0.15, 0.2) is 29.2 Å². The minimum absolute atomic E-state index is 0.0856. The fourth-order valence-electron chi connectivity index (χ4n) is 2.00. The number of carbonyl (C=O) groups is 1. The molecule has 7 heteroatoms. The van der Waals surface area contributed by atoms with Gasteiger partial charge in [0.2, 0.25) is 10.0 Å². The lowest BCUT2D eigenvalue weighted by Crippen LogP contribution is -2.52. The molecule has 0 radical (unpaired) electrons. The summed E-state index contributed by atoms with van der Waals surface area (Å²) >= 11 is 0. The van der Waals surface area contributed by atoms with E-state index < -0.39 is 21.5 Å². The number of aliphatic carboxylic acids is 1. The second-order valence-electron chi connectivity index (χ2n) is 4.41. The van der Waals surface area contributed by atoms with Gasteiger partial charge in [0.1, 0.15) is 10.4 Å². The predicted molar refractivity (Wildman–Crippen MR) is 65.7 cm³/mol. The average molecular weight is 270 g/mol. The van der Waals surface area contributed by atoms with E-state index in [1.807, 2.05) is 0 Å². The maximum Gasteiger partial charge on any atom is 0.329 e. The number of carboxylic acid groups (broad SMARTS) is 1. The molecule has 1 fully saturated rings. The first kappa shape index (κ1) is 12.8. The molecule has 0 bridgehead atoms. The van der Waals surface area contributed by atoms with Crippen LogP contribution >= 0.6 is 0 Å². The van der Waals surface area contributed by atoms with E-state index in [-0.39, 0.29) is 10.6 Å². The molecular weight excluding hydrogens is 256 g/mol. The molecule has 0 unspecified atom stereocenters. The number of primary sulfonamides is 1. The summed E-state index contributed by atoms with van der Waals surface area (Å²) in [5.74, 6) is -0.974. The monoisotopic (exact) mass is 270 g/mol. The lowest BCUT2D eigenvalue weighted by atomic mass is 9.76. The van der Waals surface area contributed by atoms with Gasteiger partial charge in [-0.05, 0) is 31.4 Å². The molecule has 0 saturated heterocycles. The predicted octanol–water partition coefficient (Wildman–Crippen LogP) is 0.753. The summed E-state index contributed by atoms with van der Waals surface area (Å²) in [4.78, 5) is 11.1. The van der Waals surface area contributed by atoms with Gasteiger partial charge < -0.3 is 10.4 Å². The first-order valence-corrected chi connectivity index (χ1v) is 7.03. The molecule has 1 aliphatic rings. The zero-order valence-corrected chi connectivity index (χ0v) is 10.4. The van der Waals surface area contributed by atoms with Crippen LogP contribution in [0.1, 0.15) is 19.3 Å². The summed E-state index contributed by atoms with van der Waals surface area (Å²) in [7, 11) is -3.87. The molecule has 1 saturated carbocycles. The van der Waals surface area contributed by atoms with Gasteiger partial charge in [0.25, 0.3) is 0 Å². The highest BCUT2D eigenvalue weighted by Crippen LogP contribution is 2.37. The largest absolute Gasteiger partial charge is 0.480 e. The molecule has 0 heterocycles. The van der Waals surface area contributed by atoms with Crippen LogP contribution in [0.3, 0.4) is 0 Å². The number of sulfonamides is 1. The number of hydrogen-bond donors (Lipinski definition) is 3. The Kier molecular flexibility index (Phi) is 3.04. The van der Waals surface area contributed by atoms with Crippen molar-refractivity contribution < 1.29 is 18.3 Å². The Labute approximate surface area is 105 Å². The third-order valence-corrected chi connectivity index (χ3v) is 4.15. The van der Waals surface area contributed by atoms with Crippen molar-refractivity contribution in [3.63, 3.8) is 0 Å². The number of nitrogens with one attached hydrogen (secondary N) is 1. The van der Waals surface area contributed by atoms with Gasteiger partial charge in [-0.15, -0.1) is 0 Å². The maximum absolute atomic E-state index is 11.4. The Morgan fingerprint density at radius 3 is 2.39 bits per heavy atom. The van der Waals surface area contributed by atoms with Crippen molar-refractivity contribution in [1.82, 2.24) is 0 Å². The van der Waals surface area contributed by atoms with Crippen molar-refractivity contribution in [1.29, 1.82) is 0 Å². The highest BCUT2D eigenvalue weighted by Gasteiger charge is 2.45. The van der Waals surface area contributed by atoms with Gasteiger partial charge in [-0.1, -0.05) is 12.1 Å². The first-order chi connectivity index (χ1) is 8.35. The van der Waals surface area contributed by atoms with Crippen LogP contribution in [-0.4, -0.2) is 25.0 Å². The topological polar surface area (TPSA) is 109 Å². The van der Waals surface area contributed by atoms with Crippen molar-refractivity contribution in [2.75, 3.05) is 5.32 Å². The lowest BCUT2D eigenvalue weighted by Gasteiger charge is -2.39. The number of anilines is 1. The van der Waals surface area contributed by atoms with Crippen LogP contribution in [0, 0.1) is 0 Å². The Hall–Kier alpha value is -1.60. The van der Waals surface area contributed by atoms with Gasteiger partial charge in [0, 0.05) is 0 Å². The fraction of sp³-hybridized carbons (Fsp3) is 0.364. The van der Waals surface area contributed by atoms with Gasteiger partial charge in [-0.3, -0.25) is 0 Å². The quantitative estimate of drug-likeness (QED) is 0.748. The van der Waals surface area contributed by atoms with Gasteiger partial charge in [-0.25, -0.2) is 18.4 Å². The Bertz CT molecular complexity index is 578. The van der Waals surface area contributed by atoms with E-state index in [1.54, 1.807) is 12.1 Å². The van der Waals surface area contributed by atoms with Crippen LogP contribution < -0.4 is 10.5 Å². The number of hydrogen-bond acceptors (Lipinski definition) is 4. The highest BCUT2D eigenvalue weighted by atomic mass is 32.2. The Morgan fingerprint density at radius 2 is 1.94 bits per heavy atom. The van der Waals surface area contributed by atoms with Crippen molar-refractivity contribution >= 4 is 21.7 Å². The number of para-hydroxylation sites is 1. The molecule has 1 aromatic carbocycles. The fourth-order valence-corrected chi connectivity index (χ4v) is 2.69. The van der Waals surface area contributed by atoms with Crippen LogP contribution in [0.25, 0.3) is 0 Å². The molecule has 18 heavy (non-hydrogen) atoms. The number of benzene rings is 1. The van der Waals surface area contributed by atoms with Crippen molar-refractivity contribution in [3.05, 3.63) is 24.3 Å². The van der Waals surface area contributed by atoms with Crippen molar-refractivity contribution in [2.24, 2.45) is 5.14 Å². The zero-order chi connectivity index (χ0) is 13.4. The van der Waals surface area contributed by atoms with E-state index in [0.717, 1.165) is 6.42 Å². The van der Waals surface area contributed by atoms with Gasteiger partial charge in [0.05, 0.1) is 5.69 Å². The number of rotatable bonds is 4. The summed E-state index contributed by atoms with van der Waals surface area (Å²) in [6.45, 7) is 0. The second-order valence-corrected chi connectivity index (χ2v) is 5.94. The molecule has 4 N–H and O–H groups in total. The summed E-state index contributed by atoms with van der Waals surface area (Å²) in [5.41, 5.74) is -0.831. The smallest absolute Gasteiger partial charge is 0.329 e. The molecule has 1 aliphatic carbocycles. The van der Waals surface area contributed by atoms with E-state index in [4.69, 9.17) is 5.14 Å². The number of carboxylic acids is 1. The Balaban J connectivity index is 2.38. The first-order valence-electron chi connectivity index (χ1n) is 5.49. The normalized spacial score (nSPS) is 17.8. The van der Waals surface area contributed by atoms with Gasteiger partial charge in [0.15, 0.2) is 0 Å². The minimum Gasteiger partial charge on any atom is -0.480 e. The molecule has 1 aromatic rings. The SMILES string of the molecule is NS(=O)(=O)c1ccccc1NC1(C(=O)O)CCC1. The molecule has 0 amide bonds. The van der Waals surface area contributed by atoms with Crippen LogP contribution in [0.2, 0.25) is 0 Å². The molecule has 2 rings (SSSR count). The summed E-state index contributed by atoms with van der Waals surface area (Å²) in [6, 6.07) is 6.04. The summed E-state index contributed by atoms with van der Waals surface area (Å²) in [5, 5.41) is 17.1. The molecule has 98 valence electrons. The minimum atomic E-state index is -3.87.